The first-order chi connectivity index (χ1) is 6.50. The predicted molar refractivity (Wildman–Crippen MR) is 53.9 cm³/mol. The Morgan fingerprint density at radius 3 is 2.50 bits per heavy atom. The highest BCUT2D eigenvalue weighted by Gasteiger charge is 2.22. The summed E-state index contributed by atoms with van der Waals surface area (Å²) in [6.45, 7) is 13.0. The Morgan fingerprint density at radius 1 is 1.43 bits per heavy atom. The van der Waals surface area contributed by atoms with Gasteiger partial charge in [-0.2, -0.15) is 5.26 Å². The van der Waals surface area contributed by atoms with Crippen LogP contribution in [-0.4, -0.2) is 4.98 Å². The summed E-state index contributed by atoms with van der Waals surface area (Å²) in [5.74, 6) is 0. The van der Waals surface area contributed by atoms with Crippen LogP contribution in [-0.2, 0) is 5.41 Å². The second-order valence-corrected chi connectivity index (χ2v) is 4.05. The Kier molecular flexibility index (Phi) is 2.53. The molecule has 0 radical (unpaired) electrons. The molecule has 0 atom stereocenters. The molecular formula is C11H11N3. The molecule has 0 aliphatic heterocycles. The number of nitrogens with zero attached hydrogens (tertiary/aromatic N) is 3. The molecule has 0 aliphatic carbocycles. The maximum atomic E-state index is 8.91. The van der Waals surface area contributed by atoms with Gasteiger partial charge in [0.25, 0.3) is 0 Å². The van der Waals surface area contributed by atoms with Crippen LogP contribution in [0.2, 0.25) is 0 Å². The van der Waals surface area contributed by atoms with Gasteiger partial charge in [0, 0.05) is 12.4 Å². The quantitative estimate of drug-likeness (QED) is 0.583. The van der Waals surface area contributed by atoms with Crippen LogP contribution in [0.4, 0.5) is 5.69 Å². The fourth-order valence-corrected chi connectivity index (χ4v) is 1.41. The molecule has 0 amide bonds. The highest BCUT2D eigenvalue weighted by Crippen LogP contribution is 2.33. The third-order valence-electron chi connectivity index (χ3n) is 1.92. The minimum atomic E-state index is -0.201. The number of hydrogen-bond donors (Lipinski definition) is 0. The van der Waals surface area contributed by atoms with Crippen molar-refractivity contribution in [2.24, 2.45) is 0 Å². The molecule has 1 aromatic rings. The number of pyridine rings is 1. The number of aromatic nitrogens is 1. The molecule has 0 saturated heterocycles. The van der Waals surface area contributed by atoms with Crippen molar-refractivity contribution in [3.8, 4) is 6.07 Å². The Balaban J connectivity index is 3.54. The molecule has 14 heavy (non-hydrogen) atoms. The molecule has 0 aromatic carbocycles. The summed E-state index contributed by atoms with van der Waals surface area (Å²) in [6, 6.07) is 2.07. The van der Waals surface area contributed by atoms with Gasteiger partial charge in [-0.15, -0.1) is 0 Å². The van der Waals surface area contributed by atoms with Gasteiger partial charge in [-0.1, -0.05) is 20.8 Å². The van der Waals surface area contributed by atoms with Gasteiger partial charge in [-0.3, -0.25) is 4.98 Å². The van der Waals surface area contributed by atoms with Crippen LogP contribution in [0.5, 0.6) is 0 Å². The molecule has 3 nitrogen and oxygen atoms in total. The van der Waals surface area contributed by atoms with Gasteiger partial charge in [-0.25, -0.2) is 4.85 Å². The van der Waals surface area contributed by atoms with Crippen LogP contribution in [0.1, 0.15) is 31.9 Å². The molecule has 0 N–H and O–H groups in total. The van der Waals surface area contributed by atoms with Gasteiger partial charge < -0.3 is 0 Å². The topological polar surface area (TPSA) is 41.0 Å². The lowest BCUT2D eigenvalue weighted by Crippen LogP contribution is -2.13. The molecule has 1 rings (SSSR count). The Bertz CT molecular complexity index is 395. The average molecular weight is 185 g/mol. The smallest absolute Gasteiger partial charge is 0.210 e. The highest BCUT2D eigenvalue weighted by molar-refractivity contribution is 5.59. The van der Waals surface area contributed by atoms with Crippen LogP contribution < -0.4 is 0 Å². The Labute approximate surface area is 83.8 Å². The SMILES string of the molecule is [C-]#[N+]c1cncc(C#N)c1C(C)(C)C. The summed E-state index contributed by atoms with van der Waals surface area (Å²) in [5, 5.41) is 8.91. The zero-order valence-corrected chi connectivity index (χ0v) is 8.50. The largest absolute Gasteiger partial charge is 0.275 e. The fourth-order valence-electron chi connectivity index (χ4n) is 1.41. The van der Waals surface area contributed by atoms with Crippen LogP contribution in [0.15, 0.2) is 12.4 Å². The molecule has 0 saturated carbocycles. The van der Waals surface area contributed by atoms with Crippen molar-refractivity contribution in [3.05, 3.63) is 34.9 Å². The van der Waals surface area contributed by atoms with Crippen molar-refractivity contribution in [3.63, 3.8) is 0 Å². The van der Waals surface area contributed by atoms with E-state index >= 15 is 0 Å². The van der Waals surface area contributed by atoms with E-state index in [2.05, 4.69) is 15.9 Å². The first-order valence-corrected chi connectivity index (χ1v) is 4.26. The zero-order valence-electron chi connectivity index (χ0n) is 8.50. The Hall–Kier alpha value is -1.87. The first kappa shape index (κ1) is 10.2. The van der Waals surface area contributed by atoms with E-state index in [-0.39, 0.29) is 5.41 Å². The minimum Gasteiger partial charge on any atom is -0.275 e. The summed E-state index contributed by atoms with van der Waals surface area (Å²) in [5.41, 5.74) is 1.54. The van der Waals surface area contributed by atoms with Gasteiger partial charge >= 0.3 is 0 Å². The monoisotopic (exact) mass is 185 g/mol. The standard InChI is InChI=1S/C11H11N3/c1-11(2,3)10-8(5-12)6-14-7-9(10)13-4/h6-7H,1-3H3. The maximum Gasteiger partial charge on any atom is 0.210 e. The van der Waals surface area contributed by atoms with Gasteiger partial charge in [0.2, 0.25) is 5.69 Å². The molecule has 0 aliphatic rings. The van der Waals surface area contributed by atoms with E-state index in [0.717, 1.165) is 5.56 Å². The molecule has 0 spiro atoms. The molecule has 3 heteroatoms. The van der Waals surface area contributed by atoms with Gasteiger partial charge in [-0.05, 0) is 11.0 Å². The fraction of sp³-hybridized carbons (Fsp3) is 0.364. The van der Waals surface area contributed by atoms with Crippen LogP contribution >= 0.6 is 0 Å². The molecule has 70 valence electrons. The second-order valence-electron chi connectivity index (χ2n) is 4.05. The molecule has 1 heterocycles. The van der Waals surface area contributed by atoms with Crippen LogP contribution in [0, 0.1) is 17.9 Å². The minimum absolute atomic E-state index is 0.201. The zero-order chi connectivity index (χ0) is 10.8. The summed E-state index contributed by atoms with van der Waals surface area (Å²) in [4.78, 5) is 7.25. The lowest BCUT2D eigenvalue weighted by Gasteiger charge is -2.21. The molecule has 0 bridgehead atoms. The summed E-state index contributed by atoms with van der Waals surface area (Å²) >= 11 is 0. The maximum absolute atomic E-state index is 8.91. The summed E-state index contributed by atoms with van der Waals surface area (Å²) < 4.78 is 0. The molecule has 0 fully saturated rings. The van der Waals surface area contributed by atoms with Gasteiger partial charge in [0.05, 0.1) is 18.2 Å². The van der Waals surface area contributed by atoms with Crippen molar-refractivity contribution in [1.29, 1.82) is 5.26 Å². The van der Waals surface area contributed by atoms with Crippen molar-refractivity contribution in [2.75, 3.05) is 0 Å². The van der Waals surface area contributed by atoms with E-state index in [1.165, 1.54) is 12.4 Å². The van der Waals surface area contributed by atoms with Gasteiger partial charge in [0.15, 0.2) is 0 Å². The van der Waals surface area contributed by atoms with Crippen LogP contribution in [0.25, 0.3) is 4.85 Å². The number of hydrogen-bond acceptors (Lipinski definition) is 2. The predicted octanol–water partition coefficient (Wildman–Crippen LogP) is 2.80. The van der Waals surface area contributed by atoms with E-state index in [9.17, 15) is 0 Å². The van der Waals surface area contributed by atoms with E-state index in [1.807, 2.05) is 20.8 Å². The lowest BCUT2D eigenvalue weighted by molar-refractivity contribution is 0.590. The van der Waals surface area contributed by atoms with Crippen molar-refractivity contribution in [1.82, 2.24) is 4.98 Å². The molecule has 0 unspecified atom stereocenters. The van der Waals surface area contributed by atoms with Crippen molar-refractivity contribution >= 4 is 5.69 Å². The number of nitriles is 1. The van der Waals surface area contributed by atoms with E-state index in [1.54, 1.807) is 0 Å². The van der Waals surface area contributed by atoms with E-state index in [4.69, 9.17) is 11.8 Å². The third-order valence-corrected chi connectivity index (χ3v) is 1.92. The average Bonchev–Trinajstić information content (AvgIpc) is 2.15. The Morgan fingerprint density at radius 2 is 2.07 bits per heavy atom. The number of rotatable bonds is 0. The van der Waals surface area contributed by atoms with E-state index < -0.39 is 0 Å². The van der Waals surface area contributed by atoms with Gasteiger partial charge in [0.1, 0.15) is 0 Å². The normalized spacial score (nSPS) is 10.4. The highest BCUT2D eigenvalue weighted by atomic mass is 14.7. The summed E-state index contributed by atoms with van der Waals surface area (Å²) in [6.07, 6.45) is 3.02. The first-order valence-electron chi connectivity index (χ1n) is 4.26. The lowest BCUT2D eigenvalue weighted by atomic mass is 9.84. The van der Waals surface area contributed by atoms with Crippen molar-refractivity contribution < 1.29 is 0 Å². The third kappa shape index (κ3) is 1.72. The molecule has 1 aromatic heterocycles. The second kappa shape index (κ2) is 3.47. The molecular weight excluding hydrogens is 174 g/mol. The van der Waals surface area contributed by atoms with Crippen molar-refractivity contribution in [2.45, 2.75) is 26.2 Å². The van der Waals surface area contributed by atoms with Crippen LogP contribution in [0.3, 0.4) is 0 Å². The summed E-state index contributed by atoms with van der Waals surface area (Å²) in [7, 11) is 0. The van der Waals surface area contributed by atoms with E-state index in [0.29, 0.717) is 11.3 Å².